The zero-order valence-electron chi connectivity index (χ0n) is 15.9. The molecule has 0 unspecified atom stereocenters. The Morgan fingerprint density at radius 2 is 1.82 bits per heavy atom. The number of benzene rings is 2. The maximum absolute atomic E-state index is 11.6. The smallest absolute Gasteiger partial charge is 0.293 e. The number of nitro groups is 1. The fraction of sp³-hybridized carbons (Fsp3) is 0.278. The molecule has 0 fully saturated rings. The summed E-state index contributed by atoms with van der Waals surface area (Å²) < 4.78 is 23.1. The van der Waals surface area contributed by atoms with Crippen LogP contribution in [-0.2, 0) is 9.84 Å². The van der Waals surface area contributed by atoms with E-state index in [1.54, 1.807) is 0 Å². The zero-order valence-corrected chi connectivity index (χ0v) is 16.7. The van der Waals surface area contributed by atoms with E-state index in [1.165, 1.54) is 12.1 Å². The van der Waals surface area contributed by atoms with Crippen LogP contribution in [0.2, 0.25) is 0 Å². The molecule has 9 nitrogen and oxygen atoms in total. The number of anilines is 2. The van der Waals surface area contributed by atoms with E-state index in [2.05, 4.69) is 15.6 Å². The van der Waals surface area contributed by atoms with Crippen LogP contribution >= 0.6 is 0 Å². The second kappa shape index (κ2) is 8.70. The highest BCUT2D eigenvalue weighted by Gasteiger charge is 2.18. The topological polar surface area (TPSA) is 140 Å². The first-order valence-corrected chi connectivity index (χ1v) is 10.3. The van der Waals surface area contributed by atoms with Gasteiger partial charge in [0.15, 0.2) is 15.8 Å². The standard InChI is InChI=1S/C18H23N5O4S/c1-12-8-13(2)10-14(9-12)22-18(19)21-7-6-20-16-5-4-15(28(3,26)27)11-17(16)23(24)25/h4-5,8-11,20H,6-7H2,1-3H3,(H3,19,21,22). The van der Waals surface area contributed by atoms with Gasteiger partial charge >= 0.3 is 0 Å². The molecule has 150 valence electrons. The average molecular weight is 405 g/mol. The van der Waals surface area contributed by atoms with Crippen LogP contribution in [0.3, 0.4) is 0 Å². The van der Waals surface area contributed by atoms with Crippen LogP contribution < -0.4 is 16.4 Å². The SMILES string of the molecule is Cc1cc(C)cc(NC(N)=NCCNc2ccc(S(C)(=O)=O)cc2[N+](=O)[O-])c1. The molecular formula is C18H23N5O4S. The molecule has 0 aliphatic rings. The molecule has 0 spiro atoms. The number of aryl methyl sites for hydroxylation is 2. The van der Waals surface area contributed by atoms with Crippen LogP contribution in [0.5, 0.6) is 0 Å². The summed E-state index contributed by atoms with van der Waals surface area (Å²) in [5.41, 5.74) is 8.80. The summed E-state index contributed by atoms with van der Waals surface area (Å²) in [5, 5.41) is 17.1. The fourth-order valence-electron chi connectivity index (χ4n) is 2.64. The minimum Gasteiger partial charge on any atom is -0.378 e. The highest BCUT2D eigenvalue weighted by molar-refractivity contribution is 7.90. The molecule has 0 saturated heterocycles. The third-order valence-electron chi connectivity index (χ3n) is 3.80. The summed E-state index contributed by atoms with van der Waals surface area (Å²) in [4.78, 5) is 14.7. The van der Waals surface area contributed by atoms with Gasteiger partial charge in [0.2, 0.25) is 0 Å². The van der Waals surface area contributed by atoms with Crippen LogP contribution in [0.4, 0.5) is 17.1 Å². The summed E-state index contributed by atoms with van der Waals surface area (Å²) in [6, 6.07) is 9.67. The molecule has 2 rings (SSSR count). The molecule has 0 radical (unpaired) electrons. The summed E-state index contributed by atoms with van der Waals surface area (Å²) in [7, 11) is -3.53. The number of hydrogen-bond acceptors (Lipinski definition) is 6. The molecule has 10 heteroatoms. The van der Waals surface area contributed by atoms with Gasteiger partial charge in [0.25, 0.3) is 5.69 Å². The lowest BCUT2D eigenvalue weighted by Crippen LogP contribution is -2.24. The highest BCUT2D eigenvalue weighted by Crippen LogP contribution is 2.27. The molecule has 0 aliphatic carbocycles. The zero-order chi connectivity index (χ0) is 20.9. The van der Waals surface area contributed by atoms with E-state index in [9.17, 15) is 18.5 Å². The summed E-state index contributed by atoms with van der Waals surface area (Å²) in [5.74, 6) is 0.230. The number of nitrogens with zero attached hydrogens (tertiary/aromatic N) is 2. The molecule has 2 aromatic carbocycles. The molecule has 0 aromatic heterocycles. The van der Waals surface area contributed by atoms with E-state index >= 15 is 0 Å². The Bertz CT molecular complexity index is 998. The lowest BCUT2D eigenvalue weighted by atomic mass is 10.1. The largest absolute Gasteiger partial charge is 0.378 e. The number of nitrogens with one attached hydrogen (secondary N) is 2. The van der Waals surface area contributed by atoms with Crippen LogP contribution in [0, 0.1) is 24.0 Å². The van der Waals surface area contributed by atoms with Crippen molar-refractivity contribution in [1.82, 2.24) is 0 Å². The van der Waals surface area contributed by atoms with Gasteiger partial charge in [0.05, 0.1) is 16.4 Å². The minimum atomic E-state index is -3.53. The van der Waals surface area contributed by atoms with E-state index in [4.69, 9.17) is 5.73 Å². The quantitative estimate of drug-likeness (QED) is 0.211. The van der Waals surface area contributed by atoms with Gasteiger partial charge in [-0.15, -0.1) is 0 Å². The van der Waals surface area contributed by atoms with E-state index in [-0.39, 0.29) is 35.3 Å². The number of guanidine groups is 1. The van der Waals surface area contributed by atoms with Crippen LogP contribution in [0.25, 0.3) is 0 Å². The summed E-state index contributed by atoms with van der Waals surface area (Å²) in [6.45, 7) is 4.53. The molecule has 0 atom stereocenters. The Morgan fingerprint density at radius 3 is 2.39 bits per heavy atom. The third kappa shape index (κ3) is 5.95. The Balaban J connectivity index is 2.00. The third-order valence-corrected chi connectivity index (χ3v) is 4.91. The van der Waals surface area contributed by atoms with Gasteiger partial charge in [-0.25, -0.2) is 8.42 Å². The first kappa shape index (κ1) is 21.2. The number of rotatable bonds is 7. The number of nitrogens with two attached hydrogens (primary N) is 1. The second-order valence-electron chi connectivity index (χ2n) is 6.40. The van der Waals surface area contributed by atoms with Gasteiger partial charge in [-0.2, -0.15) is 0 Å². The molecule has 0 saturated carbocycles. The molecule has 0 heterocycles. The number of sulfone groups is 1. The van der Waals surface area contributed by atoms with Crippen molar-refractivity contribution in [2.24, 2.45) is 10.7 Å². The Morgan fingerprint density at radius 1 is 1.18 bits per heavy atom. The Hall–Kier alpha value is -3.14. The van der Waals surface area contributed by atoms with Crippen LogP contribution in [0.1, 0.15) is 11.1 Å². The van der Waals surface area contributed by atoms with Gasteiger partial charge in [0, 0.05) is 24.6 Å². The molecule has 2 aromatic rings. The van der Waals surface area contributed by atoms with E-state index < -0.39 is 14.8 Å². The maximum Gasteiger partial charge on any atom is 0.293 e. The normalized spacial score (nSPS) is 11.9. The second-order valence-corrected chi connectivity index (χ2v) is 8.42. The van der Waals surface area contributed by atoms with Crippen molar-refractivity contribution in [3.05, 3.63) is 57.6 Å². The van der Waals surface area contributed by atoms with Crippen molar-refractivity contribution in [2.45, 2.75) is 18.7 Å². The van der Waals surface area contributed by atoms with Crippen LogP contribution in [0.15, 0.2) is 46.3 Å². The average Bonchev–Trinajstić information content (AvgIpc) is 2.56. The lowest BCUT2D eigenvalue weighted by molar-refractivity contribution is -0.384. The molecular weight excluding hydrogens is 382 g/mol. The van der Waals surface area contributed by atoms with Crippen LogP contribution in [-0.4, -0.2) is 38.6 Å². The molecule has 0 amide bonds. The van der Waals surface area contributed by atoms with E-state index in [1.807, 2.05) is 32.0 Å². The number of nitro benzene ring substituents is 1. The number of hydrogen-bond donors (Lipinski definition) is 3. The first-order valence-electron chi connectivity index (χ1n) is 8.44. The highest BCUT2D eigenvalue weighted by atomic mass is 32.2. The van der Waals surface area contributed by atoms with Crippen molar-refractivity contribution < 1.29 is 13.3 Å². The van der Waals surface area contributed by atoms with Gasteiger partial charge < -0.3 is 16.4 Å². The van der Waals surface area contributed by atoms with Crippen molar-refractivity contribution in [2.75, 3.05) is 30.0 Å². The molecule has 4 N–H and O–H groups in total. The molecule has 28 heavy (non-hydrogen) atoms. The molecule has 0 bridgehead atoms. The van der Waals surface area contributed by atoms with Gasteiger partial charge in [-0.05, 0) is 49.2 Å². The minimum absolute atomic E-state index is 0.107. The Labute approximate surface area is 163 Å². The predicted octanol–water partition coefficient (Wildman–Crippen LogP) is 2.45. The monoisotopic (exact) mass is 405 g/mol. The van der Waals surface area contributed by atoms with Crippen molar-refractivity contribution >= 4 is 32.9 Å². The lowest BCUT2D eigenvalue weighted by Gasteiger charge is -2.09. The van der Waals surface area contributed by atoms with Crippen molar-refractivity contribution in [3.8, 4) is 0 Å². The Kier molecular flexibility index (Phi) is 6.57. The van der Waals surface area contributed by atoms with Gasteiger partial charge in [-0.1, -0.05) is 6.07 Å². The predicted molar refractivity (Wildman–Crippen MR) is 111 cm³/mol. The summed E-state index contributed by atoms with van der Waals surface area (Å²) >= 11 is 0. The van der Waals surface area contributed by atoms with E-state index in [0.717, 1.165) is 29.1 Å². The first-order chi connectivity index (χ1) is 13.1. The summed E-state index contributed by atoms with van der Waals surface area (Å²) in [6.07, 6.45) is 0.999. The van der Waals surface area contributed by atoms with Gasteiger partial charge in [0.1, 0.15) is 5.69 Å². The number of aliphatic imine (C=N–C) groups is 1. The fourth-order valence-corrected chi connectivity index (χ4v) is 3.28. The van der Waals surface area contributed by atoms with Crippen molar-refractivity contribution in [1.29, 1.82) is 0 Å². The maximum atomic E-state index is 11.6. The van der Waals surface area contributed by atoms with Crippen molar-refractivity contribution in [3.63, 3.8) is 0 Å². The molecule has 0 aliphatic heterocycles. The van der Waals surface area contributed by atoms with E-state index in [0.29, 0.717) is 0 Å². The van der Waals surface area contributed by atoms with Gasteiger partial charge in [-0.3, -0.25) is 15.1 Å².